The van der Waals surface area contributed by atoms with Crippen LogP contribution in [0.1, 0.15) is 24.4 Å². The number of nitrogens with two attached hydrogens (primary N) is 1. The van der Waals surface area contributed by atoms with Gasteiger partial charge in [-0.05, 0) is 12.0 Å². The molecule has 1 amide bonds. The lowest BCUT2D eigenvalue weighted by Gasteiger charge is -2.19. The Kier molecular flexibility index (Phi) is 5.98. The second kappa shape index (κ2) is 7.50. The Balaban J connectivity index is 2.56. The first-order chi connectivity index (χ1) is 9.04. The van der Waals surface area contributed by atoms with Gasteiger partial charge in [0.1, 0.15) is 0 Å². The van der Waals surface area contributed by atoms with Crippen molar-refractivity contribution in [2.24, 2.45) is 5.73 Å². The van der Waals surface area contributed by atoms with Gasteiger partial charge >= 0.3 is 5.97 Å². The van der Waals surface area contributed by atoms with Crippen LogP contribution in [-0.2, 0) is 9.59 Å². The lowest BCUT2D eigenvalue weighted by atomic mass is 10.1. The van der Waals surface area contributed by atoms with E-state index >= 15 is 0 Å². The van der Waals surface area contributed by atoms with E-state index in [4.69, 9.17) is 10.8 Å². The van der Waals surface area contributed by atoms with Crippen LogP contribution in [0.15, 0.2) is 30.3 Å². The maximum Gasteiger partial charge on any atom is 0.303 e. The third-order valence-electron chi connectivity index (χ3n) is 2.71. The van der Waals surface area contributed by atoms with Gasteiger partial charge in [0.2, 0.25) is 5.91 Å². The number of hydrogen-bond donors (Lipinski definition) is 4. The summed E-state index contributed by atoms with van der Waals surface area (Å²) in [5, 5.41) is 20.4. The predicted molar refractivity (Wildman–Crippen MR) is 69.3 cm³/mol. The summed E-state index contributed by atoms with van der Waals surface area (Å²) in [4.78, 5) is 22.2. The first-order valence-corrected chi connectivity index (χ1v) is 5.98. The molecule has 1 rings (SSSR count). The molecule has 104 valence electrons. The highest BCUT2D eigenvalue weighted by molar-refractivity contribution is 5.82. The highest BCUT2D eigenvalue weighted by atomic mass is 16.4. The van der Waals surface area contributed by atoms with Crippen LogP contribution in [0.25, 0.3) is 0 Å². The molecule has 0 fully saturated rings. The van der Waals surface area contributed by atoms with Crippen LogP contribution in [0.5, 0.6) is 0 Å². The normalized spacial score (nSPS) is 13.6. The van der Waals surface area contributed by atoms with Crippen molar-refractivity contribution in [3.8, 4) is 0 Å². The Bertz CT molecular complexity index is 422. The van der Waals surface area contributed by atoms with Crippen LogP contribution < -0.4 is 11.1 Å². The van der Waals surface area contributed by atoms with E-state index in [-0.39, 0.29) is 19.4 Å². The molecule has 1 aromatic rings. The van der Waals surface area contributed by atoms with Crippen LogP contribution >= 0.6 is 0 Å². The number of carbonyl (C=O) groups excluding carboxylic acids is 1. The van der Waals surface area contributed by atoms with Crippen molar-refractivity contribution in [3.63, 3.8) is 0 Å². The number of carbonyl (C=O) groups is 2. The van der Waals surface area contributed by atoms with E-state index in [0.29, 0.717) is 0 Å². The standard InChI is InChI=1S/C13H18N2O4/c14-10(6-7-12(17)18)13(19)15-11(8-16)9-4-2-1-3-5-9/h1-5,10-11,16H,6-8,14H2,(H,15,19)(H,17,18). The molecule has 0 spiro atoms. The second-order valence-electron chi connectivity index (χ2n) is 4.19. The van der Waals surface area contributed by atoms with E-state index in [0.717, 1.165) is 5.56 Å². The molecule has 19 heavy (non-hydrogen) atoms. The molecule has 0 saturated heterocycles. The van der Waals surface area contributed by atoms with Crippen LogP contribution in [0.2, 0.25) is 0 Å². The third-order valence-corrected chi connectivity index (χ3v) is 2.71. The minimum Gasteiger partial charge on any atom is -0.481 e. The number of aliphatic carboxylic acids is 1. The van der Waals surface area contributed by atoms with Gasteiger partial charge in [-0.3, -0.25) is 9.59 Å². The molecule has 0 bridgehead atoms. The Morgan fingerprint density at radius 1 is 1.26 bits per heavy atom. The summed E-state index contributed by atoms with van der Waals surface area (Å²) < 4.78 is 0. The van der Waals surface area contributed by atoms with Crippen LogP contribution in [-0.4, -0.2) is 34.7 Å². The molecule has 6 nitrogen and oxygen atoms in total. The summed E-state index contributed by atoms with van der Waals surface area (Å²) in [5.74, 6) is -1.46. The van der Waals surface area contributed by atoms with E-state index in [9.17, 15) is 14.7 Å². The molecular weight excluding hydrogens is 248 g/mol. The van der Waals surface area contributed by atoms with Crippen LogP contribution in [0, 0.1) is 0 Å². The number of aliphatic hydroxyl groups is 1. The summed E-state index contributed by atoms with van der Waals surface area (Å²) in [6.07, 6.45) is -0.0994. The number of hydrogen-bond acceptors (Lipinski definition) is 4. The molecule has 2 unspecified atom stereocenters. The van der Waals surface area contributed by atoms with Crippen molar-refractivity contribution in [2.75, 3.05) is 6.61 Å². The lowest BCUT2D eigenvalue weighted by Crippen LogP contribution is -2.43. The molecule has 5 N–H and O–H groups in total. The first kappa shape index (κ1) is 15.1. The largest absolute Gasteiger partial charge is 0.481 e. The second-order valence-corrected chi connectivity index (χ2v) is 4.19. The van der Waals surface area contributed by atoms with Crippen LogP contribution in [0.3, 0.4) is 0 Å². The molecule has 0 radical (unpaired) electrons. The SMILES string of the molecule is NC(CCC(=O)O)C(=O)NC(CO)c1ccccc1. The number of nitrogens with one attached hydrogen (secondary N) is 1. The van der Waals surface area contributed by atoms with E-state index in [2.05, 4.69) is 5.32 Å². The summed E-state index contributed by atoms with van der Waals surface area (Å²) >= 11 is 0. The van der Waals surface area contributed by atoms with Crippen molar-refractivity contribution in [1.29, 1.82) is 0 Å². The molecule has 0 aliphatic heterocycles. The lowest BCUT2D eigenvalue weighted by molar-refractivity contribution is -0.137. The maximum absolute atomic E-state index is 11.8. The number of rotatable bonds is 7. The van der Waals surface area contributed by atoms with Gasteiger partial charge in [0.25, 0.3) is 0 Å². The van der Waals surface area contributed by atoms with Crippen molar-refractivity contribution in [3.05, 3.63) is 35.9 Å². The van der Waals surface area contributed by atoms with E-state index in [1.165, 1.54) is 0 Å². The van der Waals surface area contributed by atoms with Gasteiger partial charge in [0, 0.05) is 6.42 Å². The molecule has 0 saturated carbocycles. The average molecular weight is 266 g/mol. The van der Waals surface area contributed by atoms with Gasteiger partial charge in [-0.1, -0.05) is 30.3 Å². The fourth-order valence-corrected chi connectivity index (χ4v) is 1.61. The highest BCUT2D eigenvalue weighted by Gasteiger charge is 2.19. The van der Waals surface area contributed by atoms with E-state index < -0.39 is 24.0 Å². The zero-order valence-electron chi connectivity index (χ0n) is 10.5. The van der Waals surface area contributed by atoms with Gasteiger partial charge in [-0.15, -0.1) is 0 Å². The molecule has 0 aromatic heterocycles. The van der Waals surface area contributed by atoms with Crippen molar-refractivity contribution in [1.82, 2.24) is 5.32 Å². The van der Waals surface area contributed by atoms with Crippen molar-refractivity contribution in [2.45, 2.75) is 24.9 Å². The van der Waals surface area contributed by atoms with Crippen LogP contribution in [0.4, 0.5) is 0 Å². The Morgan fingerprint density at radius 2 is 1.89 bits per heavy atom. The predicted octanol–water partition coefficient (Wildman–Crippen LogP) is 0.0283. The average Bonchev–Trinajstić information content (AvgIpc) is 2.42. The topological polar surface area (TPSA) is 113 Å². The summed E-state index contributed by atoms with van der Waals surface area (Å²) in [6, 6.07) is 7.56. The number of aliphatic hydroxyl groups excluding tert-OH is 1. The Hall–Kier alpha value is -1.92. The summed E-state index contributed by atoms with van der Waals surface area (Å²) in [7, 11) is 0. The molecule has 2 atom stereocenters. The van der Waals surface area contributed by atoms with Gasteiger partial charge in [-0.25, -0.2) is 0 Å². The Morgan fingerprint density at radius 3 is 2.42 bits per heavy atom. The first-order valence-electron chi connectivity index (χ1n) is 5.98. The van der Waals surface area contributed by atoms with Gasteiger partial charge in [0.05, 0.1) is 18.7 Å². The summed E-state index contributed by atoms with van der Waals surface area (Å²) in [6.45, 7) is -0.249. The zero-order valence-corrected chi connectivity index (χ0v) is 10.5. The highest BCUT2D eigenvalue weighted by Crippen LogP contribution is 2.11. The minimum absolute atomic E-state index is 0.0636. The molecule has 6 heteroatoms. The molecule has 1 aromatic carbocycles. The summed E-state index contributed by atoms with van der Waals surface area (Å²) in [5.41, 5.74) is 6.36. The molecule has 0 aliphatic rings. The smallest absolute Gasteiger partial charge is 0.303 e. The van der Waals surface area contributed by atoms with Gasteiger partial charge < -0.3 is 21.3 Å². The molecular formula is C13H18N2O4. The number of carboxylic acid groups (broad SMARTS) is 1. The number of amides is 1. The molecule has 0 aliphatic carbocycles. The third kappa shape index (κ3) is 5.07. The van der Waals surface area contributed by atoms with Gasteiger partial charge in [-0.2, -0.15) is 0 Å². The fourth-order valence-electron chi connectivity index (χ4n) is 1.61. The van der Waals surface area contributed by atoms with Gasteiger partial charge in [0.15, 0.2) is 0 Å². The molecule has 0 heterocycles. The quantitative estimate of drug-likeness (QED) is 0.556. The van der Waals surface area contributed by atoms with Crippen molar-refractivity contribution >= 4 is 11.9 Å². The monoisotopic (exact) mass is 266 g/mol. The maximum atomic E-state index is 11.8. The fraction of sp³-hybridized carbons (Fsp3) is 0.385. The Labute approximate surface area is 111 Å². The number of benzene rings is 1. The number of carboxylic acids is 1. The zero-order chi connectivity index (χ0) is 14.3. The minimum atomic E-state index is -0.995. The van der Waals surface area contributed by atoms with Crippen molar-refractivity contribution < 1.29 is 19.8 Å². The van der Waals surface area contributed by atoms with E-state index in [1.807, 2.05) is 6.07 Å². The van der Waals surface area contributed by atoms with E-state index in [1.54, 1.807) is 24.3 Å².